The summed E-state index contributed by atoms with van der Waals surface area (Å²) in [4.78, 5) is 12.0. The van der Waals surface area contributed by atoms with Crippen LogP contribution in [0.1, 0.15) is 19.8 Å². The highest BCUT2D eigenvalue weighted by atomic mass is 35.5. The molecular weight excluding hydrogens is 382 g/mol. The van der Waals surface area contributed by atoms with Crippen molar-refractivity contribution in [2.24, 2.45) is 0 Å². The third-order valence-corrected chi connectivity index (χ3v) is 5.20. The van der Waals surface area contributed by atoms with Gasteiger partial charge in [0.25, 0.3) is 0 Å². The largest absolute Gasteiger partial charge is 0.490 e. The van der Waals surface area contributed by atoms with E-state index in [9.17, 15) is 13.2 Å². The van der Waals surface area contributed by atoms with Crippen molar-refractivity contribution >= 4 is 28.3 Å². The molecule has 0 aliphatic carbocycles. The highest BCUT2D eigenvalue weighted by Gasteiger charge is 2.23. The van der Waals surface area contributed by atoms with Crippen molar-refractivity contribution in [3.8, 4) is 11.5 Å². The molecule has 0 spiro atoms. The maximum Gasteiger partial charge on any atom is 0.241 e. The molecule has 1 heterocycles. The molecule has 1 aromatic carbocycles. The van der Waals surface area contributed by atoms with Crippen LogP contribution in [0.4, 0.5) is 0 Å². The maximum atomic E-state index is 12.5. The number of hydrogen-bond acceptors (Lipinski definition) is 6. The number of ether oxygens (including phenoxy) is 2. The molecule has 1 aliphatic rings. The first kappa shape index (κ1) is 22.5. The summed E-state index contributed by atoms with van der Waals surface area (Å²) < 4.78 is 38.4. The van der Waals surface area contributed by atoms with Gasteiger partial charge < -0.3 is 20.1 Å². The first-order valence-corrected chi connectivity index (χ1v) is 9.76. The summed E-state index contributed by atoms with van der Waals surface area (Å²) in [5.74, 6) is 0.547. The Morgan fingerprint density at radius 2 is 1.88 bits per heavy atom. The van der Waals surface area contributed by atoms with Crippen molar-refractivity contribution in [2.45, 2.75) is 30.7 Å². The van der Waals surface area contributed by atoms with Gasteiger partial charge >= 0.3 is 0 Å². The second-order valence-electron chi connectivity index (χ2n) is 5.75. The number of sulfonamides is 1. The van der Waals surface area contributed by atoms with Crippen LogP contribution in [0.5, 0.6) is 11.5 Å². The molecule has 0 fully saturated rings. The minimum atomic E-state index is -3.84. The van der Waals surface area contributed by atoms with Crippen LogP contribution in [0.25, 0.3) is 0 Å². The fraction of sp³-hybridized carbons (Fsp3) is 0.562. The number of hydrogen-bond donors (Lipinski definition) is 3. The Balaban J connectivity index is 0.00000338. The minimum Gasteiger partial charge on any atom is -0.490 e. The second-order valence-corrected chi connectivity index (χ2v) is 7.46. The van der Waals surface area contributed by atoms with Crippen LogP contribution in [-0.4, -0.2) is 53.7 Å². The van der Waals surface area contributed by atoms with E-state index in [1.54, 1.807) is 6.07 Å². The highest BCUT2D eigenvalue weighted by Crippen LogP contribution is 2.31. The van der Waals surface area contributed by atoms with E-state index >= 15 is 0 Å². The zero-order valence-corrected chi connectivity index (χ0v) is 16.5. The summed E-state index contributed by atoms with van der Waals surface area (Å²) in [6, 6.07) is 3.54. The Hall–Kier alpha value is -1.55. The summed E-state index contributed by atoms with van der Waals surface area (Å²) in [7, 11) is -2.02. The van der Waals surface area contributed by atoms with Gasteiger partial charge in [0.1, 0.15) is 0 Å². The Morgan fingerprint density at radius 3 is 2.58 bits per heavy atom. The summed E-state index contributed by atoms with van der Waals surface area (Å²) in [6.07, 6.45) is 1.50. The lowest BCUT2D eigenvalue weighted by atomic mass is 10.3. The van der Waals surface area contributed by atoms with E-state index in [4.69, 9.17) is 9.47 Å². The zero-order valence-electron chi connectivity index (χ0n) is 14.9. The topological polar surface area (TPSA) is 106 Å². The second kappa shape index (κ2) is 10.6. The van der Waals surface area contributed by atoms with Crippen molar-refractivity contribution < 1.29 is 22.7 Å². The van der Waals surface area contributed by atoms with Crippen LogP contribution in [0, 0.1) is 0 Å². The van der Waals surface area contributed by atoms with E-state index in [0.29, 0.717) is 31.3 Å². The highest BCUT2D eigenvalue weighted by molar-refractivity contribution is 7.89. The third-order valence-electron chi connectivity index (χ3n) is 3.66. The lowest BCUT2D eigenvalue weighted by molar-refractivity contribution is -0.122. The first-order valence-electron chi connectivity index (χ1n) is 8.28. The van der Waals surface area contributed by atoms with E-state index in [2.05, 4.69) is 15.4 Å². The smallest absolute Gasteiger partial charge is 0.241 e. The first-order chi connectivity index (χ1) is 11.9. The molecule has 0 saturated heterocycles. The van der Waals surface area contributed by atoms with E-state index in [0.717, 1.165) is 19.4 Å². The number of nitrogens with one attached hydrogen (secondary N) is 3. The predicted molar refractivity (Wildman–Crippen MR) is 101 cm³/mol. The standard InChI is InChI=1S/C16H25N3O5S.ClH/c1-12(16(20)18-8-3-7-17-2)19-25(21,22)13-5-6-14-15(11-13)24-10-4-9-23-14;/h5-6,11-12,17,19H,3-4,7-10H2,1-2H3,(H,18,20);1H. The molecule has 1 unspecified atom stereocenters. The van der Waals surface area contributed by atoms with Gasteiger partial charge in [-0.05, 0) is 39.1 Å². The number of fused-ring (bicyclic) bond motifs is 1. The van der Waals surface area contributed by atoms with Gasteiger partial charge in [-0.2, -0.15) is 4.72 Å². The number of carbonyl (C=O) groups is 1. The SMILES string of the molecule is CNCCCNC(=O)C(C)NS(=O)(=O)c1ccc2c(c1)OCCCO2.Cl. The van der Waals surface area contributed by atoms with Crippen molar-refractivity contribution in [3.05, 3.63) is 18.2 Å². The van der Waals surface area contributed by atoms with Gasteiger partial charge in [-0.15, -0.1) is 12.4 Å². The Morgan fingerprint density at radius 1 is 1.19 bits per heavy atom. The molecule has 0 saturated carbocycles. The number of carbonyl (C=O) groups excluding carboxylic acids is 1. The number of benzene rings is 1. The van der Waals surface area contributed by atoms with Crippen molar-refractivity contribution in [2.75, 3.05) is 33.4 Å². The Kier molecular flexibility index (Phi) is 9.14. The van der Waals surface area contributed by atoms with Gasteiger partial charge in [-0.3, -0.25) is 4.79 Å². The molecule has 0 radical (unpaired) electrons. The molecule has 1 aliphatic heterocycles. The molecule has 26 heavy (non-hydrogen) atoms. The summed E-state index contributed by atoms with van der Waals surface area (Å²) in [6.45, 7) is 3.76. The van der Waals surface area contributed by atoms with Crippen LogP contribution in [0.15, 0.2) is 23.1 Å². The summed E-state index contributed by atoms with van der Waals surface area (Å²) in [5.41, 5.74) is 0. The van der Waals surface area contributed by atoms with Gasteiger partial charge in [-0.1, -0.05) is 0 Å². The van der Waals surface area contributed by atoms with Gasteiger partial charge in [0.15, 0.2) is 11.5 Å². The van der Waals surface area contributed by atoms with Gasteiger partial charge in [-0.25, -0.2) is 8.42 Å². The monoisotopic (exact) mass is 407 g/mol. The van der Waals surface area contributed by atoms with E-state index in [-0.39, 0.29) is 23.2 Å². The van der Waals surface area contributed by atoms with Crippen LogP contribution >= 0.6 is 12.4 Å². The molecule has 1 amide bonds. The lowest BCUT2D eigenvalue weighted by Crippen LogP contribution is -2.45. The number of halogens is 1. The third kappa shape index (κ3) is 6.31. The molecule has 1 atom stereocenters. The minimum absolute atomic E-state index is 0. The predicted octanol–water partition coefficient (Wildman–Crippen LogP) is 0.662. The van der Waals surface area contributed by atoms with Crippen LogP contribution in [0.3, 0.4) is 0 Å². The lowest BCUT2D eigenvalue weighted by Gasteiger charge is -2.15. The number of amides is 1. The molecule has 0 aromatic heterocycles. The zero-order chi connectivity index (χ0) is 18.3. The van der Waals surface area contributed by atoms with E-state index in [1.165, 1.54) is 19.1 Å². The number of rotatable bonds is 8. The van der Waals surface area contributed by atoms with E-state index < -0.39 is 16.1 Å². The van der Waals surface area contributed by atoms with Crippen LogP contribution in [0.2, 0.25) is 0 Å². The molecule has 0 bridgehead atoms. The Bertz CT molecular complexity index is 699. The van der Waals surface area contributed by atoms with Crippen molar-refractivity contribution in [1.29, 1.82) is 0 Å². The fourth-order valence-corrected chi connectivity index (χ4v) is 3.51. The molecule has 148 valence electrons. The fourth-order valence-electron chi connectivity index (χ4n) is 2.29. The summed E-state index contributed by atoms with van der Waals surface area (Å²) in [5, 5.41) is 5.67. The van der Waals surface area contributed by atoms with E-state index in [1.807, 2.05) is 7.05 Å². The normalized spacial score (nSPS) is 14.7. The van der Waals surface area contributed by atoms with Gasteiger partial charge in [0, 0.05) is 19.0 Å². The van der Waals surface area contributed by atoms with Crippen LogP contribution < -0.4 is 24.8 Å². The quantitative estimate of drug-likeness (QED) is 0.547. The van der Waals surface area contributed by atoms with Crippen molar-refractivity contribution in [1.82, 2.24) is 15.4 Å². The molecule has 3 N–H and O–H groups in total. The maximum absolute atomic E-state index is 12.5. The Labute approximate surface area is 160 Å². The summed E-state index contributed by atoms with van der Waals surface area (Å²) >= 11 is 0. The average Bonchev–Trinajstić information content (AvgIpc) is 2.82. The average molecular weight is 408 g/mol. The molecule has 1 aromatic rings. The molecule has 2 rings (SSSR count). The van der Waals surface area contributed by atoms with Gasteiger partial charge in [0.2, 0.25) is 15.9 Å². The van der Waals surface area contributed by atoms with Crippen LogP contribution in [-0.2, 0) is 14.8 Å². The van der Waals surface area contributed by atoms with Crippen molar-refractivity contribution in [3.63, 3.8) is 0 Å². The molecule has 10 heteroatoms. The molecule has 8 nitrogen and oxygen atoms in total. The molecular formula is C16H26ClN3O5S. The van der Waals surface area contributed by atoms with Gasteiger partial charge in [0.05, 0.1) is 24.2 Å².